The fraction of sp³-hybridized carbons (Fsp3) is 0.348. The first-order valence-electron chi connectivity index (χ1n) is 10.0. The molecule has 1 aliphatic heterocycles. The lowest BCUT2D eigenvalue weighted by Crippen LogP contribution is -2.28. The maximum Gasteiger partial charge on any atom is 0.311 e. The summed E-state index contributed by atoms with van der Waals surface area (Å²) in [6, 6.07) is 12.6. The van der Waals surface area contributed by atoms with Crippen LogP contribution in [0.2, 0.25) is 0 Å². The predicted octanol–water partition coefficient (Wildman–Crippen LogP) is 2.80. The number of esters is 1. The van der Waals surface area contributed by atoms with E-state index >= 15 is 0 Å². The molecule has 31 heavy (non-hydrogen) atoms. The molecule has 1 aliphatic rings. The molecule has 0 aliphatic carbocycles. The largest absolute Gasteiger partial charge is 0.497 e. The van der Waals surface area contributed by atoms with Gasteiger partial charge in [-0.3, -0.25) is 14.4 Å². The van der Waals surface area contributed by atoms with E-state index in [2.05, 4.69) is 12.2 Å². The normalized spacial score (nSPS) is 15.5. The van der Waals surface area contributed by atoms with Crippen LogP contribution in [-0.4, -0.2) is 45.2 Å². The van der Waals surface area contributed by atoms with Crippen molar-refractivity contribution >= 4 is 29.2 Å². The third-order valence-corrected chi connectivity index (χ3v) is 5.10. The molecule has 2 aromatic carbocycles. The highest BCUT2D eigenvalue weighted by Gasteiger charge is 2.36. The quantitative estimate of drug-likeness (QED) is 0.653. The van der Waals surface area contributed by atoms with Gasteiger partial charge in [0.1, 0.15) is 11.5 Å². The van der Waals surface area contributed by atoms with Crippen LogP contribution < -0.4 is 19.7 Å². The van der Waals surface area contributed by atoms with Gasteiger partial charge in [0.25, 0.3) is 5.91 Å². The van der Waals surface area contributed by atoms with Gasteiger partial charge in [-0.1, -0.05) is 19.1 Å². The summed E-state index contributed by atoms with van der Waals surface area (Å²) in [4.78, 5) is 38.5. The fourth-order valence-electron chi connectivity index (χ4n) is 3.36. The molecule has 2 amide bonds. The van der Waals surface area contributed by atoms with Crippen LogP contribution in [-0.2, 0) is 25.5 Å². The monoisotopic (exact) mass is 426 g/mol. The molecule has 1 heterocycles. The number of hydrogen-bond acceptors (Lipinski definition) is 6. The number of rotatable bonds is 8. The van der Waals surface area contributed by atoms with Gasteiger partial charge in [-0.2, -0.15) is 0 Å². The van der Waals surface area contributed by atoms with E-state index in [1.165, 1.54) is 19.8 Å². The number of benzene rings is 2. The number of carbonyl (C=O) groups is 3. The number of aryl methyl sites for hydroxylation is 1. The van der Waals surface area contributed by atoms with Crippen LogP contribution in [0.15, 0.2) is 42.5 Å². The minimum Gasteiger partial charge on any atom is -0.497 e. The van der Waals surface area contributed by atoms with Crippen molar-refractivity contribution < 1.29 is 28.6 Å². The second-order valence-corrected chi connectivity index (χ2v) is 7.18. The molecule has 164 valence electrons. The van der Waals surface area contributed by atoms with E-state index < -0.39 is 24.4 Å². The van der Waals surface area contributed by atoms with Crippen molar-refractivity contribution in [2.75, 3.05) is 37.6 Å². The third kappa shape index (κ3) is 5.53. The molecule has 1 unspecified atom stereocenters. The zero-order chi connectivity index (χ0) is 22.4. The van der Waals surface area contributed by atoms with Crippen molar-refractivity contribution in [2.24, 2.45) is 5.92 Å². The fourth-order valence-corrected chi connectivity index (χ4v) is 3.36. The van der Waals surface area contributed by atoms with E-state index in [0.29, 0.717) is 17.2 Å². The Balaban J connectivity index is 1.53. The molecule has 1 saturated heterocycles. The molecule has 3 rings (SSSR count). The average molecular weight is 426 g/mol. The molecule has 0 bridgehead atoms. The zero-order valence-electron chi connectivity index (χ0n) is 17.8. The summed E-state index contributed by atoms with van der Waals surface area (Å²) >= 11 is 0. The van der Waals surface area contributed by atoms with Gasteiger partial charge in [-0.05, 0) is 24.1 Å². The van der Waals surface area contributed by atoms with Gasteiger partial charge in [-0.15, -0.1) is 0 Å². The minimum absolute atomic E-state index is 0.0586. The van der Waals surface area contributed by atoms with Crippen molar-refractivity contribution in [3.63, 3.8) is 0 Å². The molecule has 0 saturated carbocycles. The van der Waals surface area contributed by atoms with E-state index in [0.717, 1.165) is 12.1 Å². The lowest BCUT2D eigenvalue weighted by molar-refractivity contribution is -0.151. The van der Waals surface area contributed by atoms with E-state index in [4.69, 9.17) is 14.2 Å². The van der Waals surface area contributed by atoms with Crippen molar-refractivity contribution in [2.45, 2.75) is 19.8 Å². The molecular formula is C23H26N2O6. The van der Waals surface area contributed by atoms with Crippen molar-refractivity contribution in [3.8, 4) is 11.5 Å². The molecule has 1 atom stereocenters. The highest BCUT2D eigenvalue weighted by Crippen LogP contribution is 2.27. The highest BCUT2D eigenvalue weighted by molar-refractivity contribution is 6.00. The minimum atomic E-state index is -0.608. The molecule has 2 aromatic rings. The number of carbonyl (C=O) groups excluding carboxylic acids is 3. The number of anilines is 2. The number of nitrogens with one attached hydrogen (secondary N) is 1. The Morgan fingerprint density at radius 3 is 2.29 bits per heavy atom. The zero-order valence-corrected chi connectivity index (χ0v) is 17.8. The smallest absolute Gasteiger partial charge is 0.311 e. The Labute approximate surface area is 181 Å². The van der Waals surface area contributed by atoms with E-state index in [1.807, 2.05) is 24.3 Å². The predicted molar refractivity (Wildman–Crippen MR) is 115 cm³/mol. The Morgan fingerprint density at radius 1 is 1.06 bits per heavy atom. The molecule has 0 radical (unpaired) electrons. The summed E-state index contributed by atoms with van der Waals surface area (Å²) in [5.41, 5.74) is 2.38. The maximum absolute atomic E-state index is 12.4. The molecule has 8 heteroatoms. The number of amides is 2. The molecular weight excluding hydrogens is 400 g/mol. The summed E-state index contributed by atoms with van der Waals surface area (Å²) in [6.45, 7) is 1.84. The van der Waals surface area contributed by atoms with Gasteiger partial charge in [0.05, 0.1) is 20.1 Å². The highest BCUT2D eigenvalue weighted by atomic mass is 16.5. The lowest BCUT2D eigenvalue weighted by Gasteiger charge is -2.17. The first kappa shape index (κ1) is 22.1. The van der Waals surface area contributed by atoms with Crippen LogP contribution in [0.5, 0.6) is 11.5 Å². The van der Waals surface area contributed by atoms with Crippen LogP contribution >= 0.6 is 0 Å². The first-order valence-corrected chi connectivity index (χ1v) is 10.0. The van der Waals surface area contributed by atoms with Crippen LogP contribution in [0.3, 0.4) is 0 Å². The van der Waals surface area contributed by atoms with Crippen LogP contribution in [0, 0.1) is 5.92 Å². The Hall–Kier alpha value is -3.55. The molecule has 8 nitrogen and oxygen atoms in total. The second kappa shape index (κ2) is 9.97. The van der Waals surface area contributed by atoms with Crippen LogP contribution in [0.1, 0.15) is 18.9 Å². The van der Waals surface area contributed by atoms with E-state index in [-0.39, 0.29) is 18.9 Å². The van der Waals surface area contributed by atoms with Crippen molar-refractivity contribution in [1.82, 2.24) is 0 Å². The number of methoxy groups -OCH3 is 2. The van der Waals surface area contributed by atoms with Gasteiger partial charge in [-0.25, -0.2) is 0 Å². The summed E-state index contributed by atoms with van der Waals surface area (Å²) < 4.78 is 15.5. The maximum atomic E-state index is 12.4. The van der Waals surface area contributed by atoms with Gasteiger partial charge in [0, 0.05) is 42.5 Å². The Bertz CT molecular complexity index is 935. The first-order chi connectivity index (χ1) is 14.9. The Morgan fingerprint density at radius 2 is 1.71 bits per heavy atom. The summed E-state index contributed by atoms with van der Waals surface area (Å²) in [6.07, 6.45) is 0.969. The van der Waals surface area contributed by atoms with Gasteiger partial charge in [0.15, 0.2) is 6.61 Å². The van der Waals surface area contributed by atoms with Crippen molar-refractivity contribution in [3.05, 3.63) is 48.0 Å². The number of ether oxygens (including phenoxy) is 3. The van der Waals surface area contributed by atoms with E-state index in [9.17, 15) is 14.4 Å². The standard InChI is InChI=1S/C23H26N2O6/c1-4-15-5-7-18(8-6-15)25-13-16(9-22(25)27)23(28)31-14-21(26)24-17-10-19(29-2)12-20(11-17)30-3/h5-8,10-12,16H,4,9,13-14H2,1-3H3,(H,24,26). The Kier molecular flexibility index (Phi) is 7.12. The second-order valence-electron chi connectivity index (χ2n) is 7.18. The topological polar surface area (TPSA) is 94.2 Å². The van der Waals surface area contributed by atoms with Gasteiger partial charge < -0.3 is 24.4 Å². The lowest BCUT2D eigenvalue weighted by atomic mass is 10.1. The van der Waals surface area contributed by atoms with Gasteiger partial charge in [0.2, 0.25) is 5.91 Å². The van der Waals surface area contributed by atoms with Crippen LogP contribution in [0.25, 0.3) is 0 Å². The third-order valence-electron chi connectivity index (χ3n) is 5.10. The van der Waals surface area contributed by atoms with Gasteiger partial charge >= 0.3 is 5.97 Å². The number of hydrogen-bond donors (Lipinski definition) is 1. The summed E-state index contributed by atoms with van der Waals surface area (Å²) in [5.74, 6) is -0.784. The molecule has 1 fully saturated rings. The van der Waals surface area contributed by atoms with Crippen LogP contribution in [0.4, 0.5) is 11.4 Å². The molecule has 1 N–H and O–H groups in total. The van der Waals surface area contributed by atoms with Crippen molar-refractivity contribution in [1.29, 1.82) is 0 Å². The molecule has 0 spiro atoms. The number of nitrogens with zero attached hydrogens (tertiary/aromatic N) is 1. The molecule has 0 aromatic heterocycles. The summed E-state index contributed by atoms with van der Waals surface area (Å²) in [7, 11) is 3.01. The SMILES string of the molecule is CCc1ccc(N2CC(C(=O)OCC(=O)Nc3cc(OC)cc(OC)c3)CC2=O)cc1. The van der Waals surface area contributed by atoms with E-state index in [1.54, 1.807) is 23.1 Å². The average Bonchev–Trinajstić information content (AvgIpc) is 3.18. The summed E-state index contributed by atoms with van der Waals surface area (Å²) in [5, 5.41) is 2.64.